The molecule has 1 aromatic carbocycles. The number of ether oxygens (including phenoxy) is 1. The molecule has 0 aromatic heterocycles. The highest BCUT2D eigenvalue weighted by Gasteiger charge is 2.05. The van der Waals surface area contributed by atoms with E-state index >= 15 is 0 Å². The monoisotopic (exact) mass is 218 g/mol. The highest BCUT2D eigenvalue weighted by atomic mass is 16.5. The lowest BCUT2D eigenvalue weighted by molar-refractivity contribution is -0.133. The normalized spacial score (nSPS) is 8.88. The van der Waals surface area contributed by atoms with E-state index in [1.807, 2.05) is 0 Å². The third kappa shape index (κ3) is 2.85. The second-order valence-corrected chi connectivity index (χ2v) is 3.03. The van der Waals surface area contributed by atoms with Crippen LogP contribution in [0.4, 0.5) is 0 Å². The number of phenolic OH excluding ortho intramolecular Hbond substituents is 1. The Balaban J connectivity index is 3.01. The van der Waals surface area contributed by atoms with Crippen molar-refractivity contribution in [3.8, 4) is 17.6 Å². The van der Waals surface area contributed by atoms with Gasteiger partial charge in [0.15, 0.2) is 5.78 Å². The largest absolute Gasteiger partial charge is 0.507 e. The van der Waals surface area contributed by atoms with E-state index in [1.165, 1.54) is 26.2 Å². The van der Waals surface area contributed by atoms with E-state index in [1.54, 1.807) is 6.07 Å². The summed E-state index contributed by atoms with van der Waals surface area (Å²) in [7, 11) is 1.23. The van der Waals surface area contributed by atoms with Crippen molar-refractivity contribution >= 4 is 11.8 Å². The van der Waals surface area contributed by atoms with Crippen molar-refractivity contribution in [3.05, 3.63) is 29.3 Å². The first kappa shape index (κ1) is 11.8. The van der Waals surface area contributed by atoms with Crippen molar-refractivity contribution in [2.45, 2.75) is 6.92 Å². The van der Waals surface area contributed by atoms with Gasteiger partial charge >= 0.3 is 5.97 Å². The molecule has 0 aliphatic rings. The second-order valence-electron chi connectivity index (χ2n) is 3.03. The van der Waals surface area contributed by atoms with E-state index in [4.69, 9.17) is 0 Å². The number of hydrogen-bond acceptors (Lipinski definition) is 4. The summed E-state index contributed by atoms with van der Waals surface area (Å²) in [6.45, 7) is 1.36. The van der Waals surface area contributed by atoms with Crippen LogP contribution < -0.4 is 0 Å². The van der Waals surface area contributed by atoms with Crippen molar-refractivity contribution in [2.75, 3.05) is 7.11 Å². The van der Waals surface area contributed by atoms with Crippen LogP contribution in [0.2, 0.25) is 0 Å². The van der Waals surface area contributed by atoms with E-state index < -0.39 is 5.97 Å². The fraction of sp³-hybridized carbons (Fsp3) is 0.167. The summed E-state index contributed by atoms with van der Waals surface area (Å²) in [5.41, 5.74) is 0.663. The molecule has 0 heterocycles. The molecule has 1 rings (SSSR count). The van der Waals surface area contributed by atoms with Crippen molar-refractivity contribution < 1.29 is 19.4 Å². The van der Waals surface area contributed by atoms with Gasteiger partial charge in [0.25, 0.3) is 0 Å². The summed E-state index contributed by atoms with van der Waals surface area (Å²) in [5, 5.41) is 9.48. The van der Waals surface area contributed by atoms with Crippen LogP contribution in [-0.2, 0) is 9.53 Å². The number of methoxy groups -OCH3 is 1. The third-order valence-corrected chi connectivity index (χ3v) is 1.87. The molecule has 0 saturated carbocycles. The molecular formula is C12H10O4. The topological polar surface area (TPSA) is 63.6 Å². The smallest absolute Gasteiger partial charge is 0.384 e. The van der Waals surface area contributed by atoms with Crippen molar-refractivity contribution in [2.24, 2.45) is 0 Å². The average Bonchev–Trinajstić information content (AvgIpc) is 2.25. The quantitative estimate of drug-likeness (QED) is 0.436. The van der Waals surface area contributed by atoms with E-state index in [0.717, 1.165) is 0 Å². The lowest BCUT2D eigenvalue weighted by Crippen LogP contribution is -1.95. The summed E-state index contributed by atoms with van der Waals surface area (Å²) in [5.74, 6) is 3.69. The number of ketones is 1. The highest BCUT2D eigenvalue weighted by Crippen LogP contribution is 2.18. The lowest BCUT2D eigenvalue weighted by atomic mass is 10.1. The molecule has 4 nitrogen and oxygen atoms in total. The molecule has 0 aliphatic heterocycles. The van der Waals surface area contributed by atoms with Crippen LogP contribution in [0.1, 0.15) is 22.8 Å². The molecule has 0 unspecified atom stereocenters. The zero-order valence-electron chi connectivity index (χ0n) is 8.90. The Kier molecular flexibility index (Phi) is 3.67. The molecular weight excluding hydrogens is 208 g/mol. The summed E-state index contributed by atoms with van der Waals surface area (Å²) in [6, 6.07) is 4.33. The summed E-state index contributed by atoms with van der Waals surface area (Å²) >= 11 is 0. The molecule has 0 amide bonds. The standard InChI is InChI=1S/C12H10O4/c1-8(13)10-5-3-9(7-11(10)14)4-6-12(15)16-2/h3,5,7,14H,1-2H3. The summed E-state index contributed by atoms with van der Waals surface area (Å²) in [6.07, 6.45) is 0. The highest BCUT2D eigenvalue weighted by molar-refractivity contribution is 5.97. The van der Waals surface area contributed by atoms with E-state index in [-0.39, 0.29) is 17.1 Å². The Morgan fingerprint density at radius 1 is 1.38 bits per heavy atom. The summed E-state index contributed by atoms with van der Waals surface area (Å²) < 4.78 is 4.33. The van der Waals surface area contributed by atoms with Gasteiger partial charge in [0.05, 0.1) is 12.7 Å². The van der Waals surface area contributed by atoms with Gasteiger partial charge in [0, 0.05) is 11.5 Å². The van der Waals surface area contributed by atoms with Crippen LogP contribution in [0, 0.1) is 11.8 Å². The van der Waals surface area contributed by atoms with Crippen molar-refractivity contribution in [3.63, 3.8) is 0 Å². The van der Waals surface area contributed by atoms with Gasteiger partial charge in [-0.1, -0.05) is 5.92 Å². The first-order valence-electron chi connectivity index (χ1n) is 4.48. The van der Waals surface area contributed by atoms with Crippen LogP contribution in [0.15, 0.2) is 18.2 Å². The molecule has 0 saturated heterocycles. The zero-order chi connectivity index (χ0) is 12.1. The van der Waals surface area contributed by atoms with Crippen LogP contribution in [-0.4, -0.2) is 24.0 Å². The number of rotatable bonds is 1. The van der Waals surface area contributed by atoms with E-state index in [2.05, 4.69) is 16.6 Å². The van der Waals surface area contributed by atoms with E-state index in [0.29, 0.717) is 5.56 Å². The van der Waals surface area contributed by atoms with Gasteiger partial charge in [-0.25, -0.2) is 4.79 Å². The SMILES string of the molecule is COC(=O)C#Cc1ccc(C(C)=O)c(O)c1. The molecule has 4 heteroatoms. The van der Waals surface area contributed by atoms with E-state index in [9.17, 15) is 14.7 Å². The van der Waals surface area contributed by atoms with Gasteiger partial charge in [0.2, 0.25) is 0 Å². The number of benzene rings is 1. The predicted molar refractivity (Wildman–Crippen MR) is 57.0 cm³/mol. The average molecular weight is 218 g/mol. The van der Waals surface area contributed by atoms with Crippen LogP contribution in [0.3, 0.4) is 0 Å². The van der Waals surface area contributed by atoms with Crippen LogP contribution in [0.25, 0.3) is 0 Å². The molecule has 0 spiro atoms. The number of carbonyl (C=O) groups excluding carboxylic acids is 2. The Hall–Kier alpha value is -2.28. The molecule has 1 aromatic rings. The number of phenols is 1. The maximum atomic E-state index is 11.0. The van der Waals surface area contributed by atoms with Gasteiger partial charge in [-0.3, -0.25) is 4.79 Å². The molecule has 0 aliphatic carbocycles. The number of aromatic hydroxyl groups is 1. The minimum atomic E-state index is -0.657. The van der Waals surface area contributed by atoms with Crippen molar-refractivity contribution in [1.29, 1.82) is 0 Å². The molecule has 82 valence electrons. The molecule has 0 bridgehead atoms. The van der Waals surface area contributed by atoms with Gasteiger partial charge in [-0.15, -0.1) is 0 Å². The number of carbonyl (C=O) groups is 2. The predicted octanol–water partition coefficient (Wildman–Crippen LogP) is 1.12. The van der Waals surface area contributed by atoms with Gasteiger partial charge in [-0.2, -0.15) is 0 Å². The Morgan fingerprint density at radius 3 is 2.56 bits per heavy atom. The molecule has 0 radical (unpaired) electrons. The minimum absolute atomic E-state index is 0.149. The Bertz CT molecular complexity index is 491. The lowest BCUT2D eigenvalue weighted by Gasteiger charge is -1.99. The maximum absolute atomic E-state index is 11.0. The first-order valence-corrected chi connectivity index (χ1v) is 4.48. The number of Topliss-reactive ketones (excluding diaryl/α,β-unsaturated/α-hetero) is 1. The molecule has 0 atom stereocenters. The molecule has 16 heavy (non-hydrogen) atoms. The second kappa shape index (κ2) is 4.99. The Morgan fingerprint density at radius 2 is 2.06 bits per heavy atom. The summed E-state index contributed by atoms with van der Waals surface area (Å²) in [4.78, 5) is 21.8. The third-order valence-electron chi connectivity index (χ3n) is 1.87. The number of hydrogen-bond donors (Lipinski definition) is 1. The molecule has 0 fully saturated rings. The minimum Gasteiger partial charge on any atom is -0.507 e. The van der Waals surface area contributed by atoms with Gasteiger partial charge < -0.3 is 9.84 Å². The van der Waals surface area contributed by atoms with Gasteiger partial charge in [-0.05, 0) is 25.1 Å². The maximum Gasteiger partial charge on any atom is 0.384 e. The fourth-order valence-corrected chi connectivity index (χ4v) is 1.08. The van der Waals surface area contributed by atoms with Gasteiger partial charge in [0.1, 0.15) is 5.75 Å². The fourth-order valence-electron chi connectivity index (χ4n) is 1.08. The van der Waals surface area contributed by atoms with Crippen LogP contribution >= 0.6 is 0 Å². The first-order chi connectivity index (χ1) is 7.54. The Labute approximate surface area is 92.9 Å². The molecule has 1 N–H and O–H groups in total. The zero-order valence-corrected chi connectivity index (χ0v) is 8.90. The number of esters is 1. The van der Waals surface area contributed by atoms with Crippen molar-refractivity contribution in [1.82, 2.24) is 0 Å². The van der Waals surface area contributed by atoms with Crippen LogP contribution in [0.5, 0.6) is 5.75 Å².